The average molecular weight is 415 g/mol. The highest BCUT2D eigenvalue weighted by Gasteiger charge is 2.18. The molecule has 1 aromatic heterocycles. The molecule has 17 heavy (non-hydrogen) atoms. The predicted octanol–water partition coefficient (Wildman–Crippen LogP) is 6.56. The van der Waals surface area contributed by atoms with Gasteiger partial charge in [0.2, 0.25) is 0 Å². The van der Waals surface area contributed by atoms with Crippen molar-refractivity contribution in [2.45, 2.75) is 12.3 Å². The molecule has 2 aromatic rings. The highest BCUT2D eigenvalue weighted by atomic mass is 79.9. The van der Waals surface area contributed by atoms with E-state index in [4.69, 9.17) is 23.2 Å². The van der Waals surface area contributed by atoms with E-state index in [1.807, 2.05) is 18.2 Å². The maximum absolute atomic E-state index is 6.51. The van der Waals surface area contributed by atoms with Crippen LogP contribution in [0.2, 0.25) is 5.02 Å². The minimum atomic E-state index is -0.220. The molecule has 0 fully saturated rings. The first-order chi connectivity index (χ1) is 7.99. The van der Waals surface area contributed by atoms with Crippen molar-refractivity contribution in [1.29, 1.82) is 0 Å². The van der Waals surface area contributed by atoms with Crippen LogP contribution < -0.4 is 0 Å². The van der Waals surface area contributed by atoms with E-state index in [0.29, 0.717) is 5.02 Å². The van der Waals surface area contributed by atoms with Crippen molar-refractivity contribution in [3.63, 3.8) is 0 Å². The van der Waals surface area contributed by atoms with Crippen LogP contribution in [0.15, 0.2) is 32.5 Å². The van der Waals surface area contributed by atoms with E-state index in [-0.39, 0.29) is 5.38 Å². The number of alkyl halides is 1. The normalized spacial score (nSPS) is 12.8. The second-order valence-corrected chi connectivity index (χ2v) is 7.99. The first-order valence-corrected chi connectivity index (χ1v) is 8.05. The Morgan fingerprint density at radius 3 is 2.47 bits per heavy atom. The minimum absolute atomic E-state index is 0.220. The monoisotopic (exact) mass is 412 g/mol. The van der Waals surface area contributed by atoms with Gasteiger partial charge in [0.15, 0.2) is 0 Å². The molecule has 0 saturated heterocycles. The third-order valence-electron chi connectivity index (χ3n) is 2.43. The van der Waals surface area contributed by atoms with Gasteiger partial charge in [-0.05, 0) is 58.2 Å². The van der Waals surface area contributed by atoms with E-state index in [1.54, 1.807) is 11.3 Å². The summed E-state index contributed by atoms with van der Waals surface area (Å²) in [6, 6.07) is 7.78. The molecule has 1 heterocycles. The number of thiophene rings is 1. The van der Waals surface area contributed by atoms with Crippen LogP contribution in [0.1, 0.15) is 21.4 Å². The van der Waals surface area contributed by atoms with Gasteiger partial charge in [-0.3, -0.25) is 0 Å². The fourth-order valence-electron chi connectivity index (χ4n) is 1.59. The number of halogens is 4. The Morgan fingerprint density at radius 2 is 1.88 bits per heavy atom. The summed E-state index contributed by atoms with van der Waals surface area (Å²) >= 11 is 21.3. The van der Waals surface area contributed by atoms with Gasteiger partial charge in [-0.25, -0.2) is 0 Å². The molecule has 0 bridgehead atoms. The number of aryl methyl sites for hydroxylation is 1. The summed E-state index contributed by atoms with van der Waals surface area (Å²) in [6.07, 6.45) is 0. The summed E-state index contributed by atoms with van der Waals surface area (Å²) in [4.78, 5) is 1.20. The van der Waals surface area contributed by atoms with Crippen molar-refractivity contribution in [1.82, 2.24) is 0 Å². The Labute approximate surface area is 131 Å². The lowest BCUT2D eigenvalue weighted by molar-refractivity contribution is 1.13. The second-order valence-electron chi connectivity index (χ2n) is 3.59. The Hall–Kier alpha value is 0.460. The van der Waals surface area contributed by atoms with Gasteiger partial charge in [0.1, 0.15) is 0 Å². The van der Waals surface area contributed by atoms with Gasteiger partial charge >= 0.3 is 0 Å². The number of rotatable bonds is 2. The SMILES string of the molecule is Cc1sc(Br)cc1C(Cl)c1cc(Br)ccc1Cl. The van der Waals surface area contributed by atoms with Crippen LogP contribution in [0.25, 0.3) is 0 Å². The topological polar surface area (TPSA) is 0 Å². The molecule has 5 heteroatoms. The van der Waals surface area contributed by atoms with Crippen LogP contribution in [-0.4, -0.2) is 0 Å². The molecular weight excluding hydrogens is 407 g/mol. The fourth-order valence-corrected chi connectivity index (χ4v) is 4.47. The molecule has 90 valence electrons. The lowest BCUT2D eigenvalue weighted by Crippen LogP contribution is -1.94. The molecule has 0 spiro atoms. The Kier molecular flexibility index (Phi) is 4.59. The van der Waals surface area contributed by atoms with Crippen LogP contribution in [0.3, 0.4) is 0 Å². The summed E-state index contributed by atoms with van der Waals surface area (Å²) in [7, 11) is 0. The van der Waals surface area contributed by atoms with Crippen molar-refractivity contribution in [2.75, 3.05) is 0 Å². The molecule has 0 N–H and O–H groups in total. The zero-order chi connectivity index (χ0) is 12.6. The molecule has 0 aliphatic heterocycles. The Bertz CT molecular complexity index is 551. The number of hydrogen-bond donors (Lipinski definition) is 0. The lowest BCUT2D eigenvalue weighted by atomic mass is 10.1. The fraction of sp³-hybridized carbons (Fsp3) is 0.167. The van der Waals surface area contributed by atoms with Crippen molar-refractivity contribution >= 4 is 66.4 Å². The van der Waals surface area contributed by atoms with Gasteiger partial charge in [0, 0.05) is 14.4 Å². The summed E-state index contributed by atoms with van der Waals surface area (Å²) in [5, 5.41) is 0.470. The Balaban J connectivity index is 2.46. The number of hydrogen-bond acceptors (Lipinski definition) is 1. The maximum Gasteiger partial charge on any atom is 0.0861 e. The van der Waals surface area contributed by atoms with Crippen molar-refractivity contribution in [2.24, 2.45) is 0 Å². The molecule has 0 amide bonds. The van der Waals surface area contributed by atoms with E-state index in [2.05, 4.69) is 44.8 Å². The standard InChI is InChI=1S/C12H8Br2Cl2S/c1-6-8(5-11(14)17-6)12(16)9-4-7(13)2-3-10(9)15/h2-5,12H,1H3. The third-order valence-corrected chi connectivity index (χ3v) is 5.31. The third kappa shape index (κ3) is 3.07. The maximum atomic E-state index is 6.51. The first kappa shape index (κ1) is 13.9. The molecule has 2 rings (SSSR count). The van der Waals surface area contributed by atoms with Crippen LogP contribution in [0, 0.1) is 6.92 Å². The molecule has 0 nitrogen and oxygen atoms in total. The van der Waals surface area contributed by atoms with Gasteiger partial charge in [0.05, 0.1) is 9.16 Å². The molecule has 0 aliphatic carbocycles. The molecular formula is C12H8Br2Cl2S. The van der Waals surface area contributed by atoms with E-state index >= 15 is 0 Å². The molecule has 1 aromatic carbocycles. The van der Waals surface area contributed by atoms with Gasteiger partial charge < -0.3 is 0 Å². The van der Waals surface area contributed by atoms with E-state index in [1.165, 1.54) is 4.88 Å². The molecule has 0 saturated carbocycles. The van der Waals surface area contributed by atoms with E-state index in [9.17, 15) is 0 Å². The summed E-state index contributed by atoms with van der Waals surface area (Å²) in [5.74, 6) is 0. The molecule has 1 atom stereocenters. The van der Waals surface area contributed by atoms with Gasteiger partial charge in [0.25, 0.3) is 0 Å². The summed E-state index contributed by atoms with van der Waals surface area (Å²) in [5.41, 5.74) is 2.03. The minimum Gasteiger partial charge on any atom is -0.133 e. The zero-order valence-corrected chi connectivity index (χ0v) is 14.3. The van der Waals surface area contributed by atoms with Gasteiger partial charge in [-0.15, -0.1) is 22.9 Å². The van der Waals surface area contributed by atoms with E-state index < -0.39 is 0 Å². The lowest BCUT2D eigenvalue weighted by Gasteiger charge is -2.12. The molecule has 0 radical (unpaired) electrons. The smallest absolute Gasteiger partial charge is 0.0861 e. The van der Waals surface area contributed by atoms with Crippen LogP contribution in [0.4, 0.5) is 0 Å². The summed E-state index contributed by atoms with van der Waals surface area (Å²) < 4.78 is 2.07. The summed E-state index contributed by atoms with van der Waals surface area (Å²) in [6.45, 7) is 2.06. The van der Waals surface area contributed by atoms with Crippen LogP contribution in [-0.2, 0) is 0 Å². The van der Waals surface area contributed by atoms with Crippen molar-refractivity contribution < 1.29 is 0 Å². The number of benzene rings is 1. The average Bonchev–Trinajstić information content (AvgIpc) is 2.60. The zero-order valence-electron chi connectivity index (χ0n) is 8.81. The van der Waals surface area contributed by atoms with E-state index in [0.717, 1.165) is 19.4 Å². The predicted molar refractivity (Wildman–Crippen MR) is 83.6 cm³/mol. The highest BCUT2D eigenvalue weighted by Crippen LogP contribution is 2.40. The molecule has 0 aliphatic rings. The van der Waals surface area contributed by atoms with Gasteiger partial charge in [-0.1, -0.05) is 27.5 Å². The van der Waals surface area contributed by atoms with Crippen molar-refractivity contribution in [3.8, 4) is 0 Å². The second kappa shape index (κ2) is 5.62. The van der Waals surface area contributed by atoms with Gasteiger partial charge in [-0.2, -0.15) is 0 Å². The Morgan fingerprint density at radius 1 is 1.18 bits per heavy atom. The van der Waals surface area contributed by atoms with Crippen LogP contribution >= 0.6 is 66.4 Å². The van der Waals surface area contributed by atoms with Crippen LogP contribution in [0.5, 0.6) is 0 Å². The molecule has 1 unspecified atom stereocenters. The largest absolute Gasteiger partial charge is 0.133 e. The van der Waals surface area contributed by atoms with Crippen molar-refractivity contribution in [3.05, 3.63) is 53.6 Å². The quantitative estimate of drug-likeness (QED) is 0.488. The highest BCUT2D eigenvalue weighted by molar-refractivity contribution is 9.11. The first-order valence-electron chi connectivity index (χ1n) is 4.84.